The van der Waals surface area contributed by atoms with Crippen molar-refractivity contribution in [3.8, 4) is 11.1 Å². The van der Waals surface area contributed by atoms with Gasteiger partial charge >= 0.3 is 0 Å². The topological polar surface area (TPSA) is 0 Å². The molecular formula is C15H15BrSi. The maximum absolute atomic E-state index is 3.59. The number of fused-ring (bicyclic) bond motifs is 3. The largest absolute Gasteiger partial charge is 0.113 e. The third-order valence-corrected chi connectivity index (χ3v) is 7.91. The minimum atomic E-state index is -1.46. The van der Waals surface area contributed by atoms with E-state index in [-0.39, 0.29) is 0 Å². The average Bonchev–Trinajstić information content (AvgIpc) is 2.49. The first-order chi connectivity index (χ1) is 8.01. The van der Waals surface area contributed by atoms with Gasteiger partial charge in [0.25, 0.3) is 0 Å². The minimum absolute atomic E-state index is 1.18. The number of rotatable bonds is 0. The van der Waals surface area contributed by atoms with Gasteiger partial charge in [0.05, 0.1) is 0 Å². The lowest BCUT2D eigenvalue weighted by atomic mass is 10.0. The fourth-order valence-corrected chi connectivity index (χ4v) is 6.45. The van der Waals surface area contributed by atoms with Crippen molar-refractivity contribution < 1.29 is 0 Å². The lowest BCUT2D eigenvalue weighted by molar-refractivity contribution is 1.49. The van der Waals surface area contributed by atoms with Crippen LogP contribution in [0.5, 0.6) is 0 Å². The highest BCUT2D eigenvalue weighted by molar-refractivity contribution is 9.10. The first kappa shape index (κ1) is 11.2. The van der Waals surface area contributed by atoms with Crippen LogP contribution in [0.3, 0.4) is 0 Å². The maximum Gasteiger partial charge on any atom is 0.113 e. The summed E-state index contributed by atoms with van der Waals surface area (Å²) in [5, 5.41) is 3.16. The summed E-state index contributed by atoms with van der Waals surface area (Å²) in [7, 11) is -1.46. The average molecular weight is 303 g/mol. The Morgan fingerprint density at radius 3 is 2.53 bits per heavy atom. The van der Waals surface area contributed by atoms with Crippen molar-refractivity contribution >= 4 is 34.4 Å². The lowest BCUT2D eigenvalue weighted by Crippen LogP contribution is -2.49. The summed E-state index contributed by atoms with van der Waals surface area (Å²) >= 11 is 3.59. The zero-order chi connectivity index (χ0) is 12.2. The Balaban J connectivity index is 2.44. The van der Waals surface area contributed by atoms with Gasteiger partial charge in [-0.25, -0.2) is 0 Å². The van der Waals surface area contributed by atoms with Gasteiger partial charge in [0, 0.05) is 4.47 Å². The lowest BCUT2D eigenvalue weighted by Gasteiger charge is -2.18. The van der Waals surface area contributed by atoms with Gasteiger partial charge in [-0.3, -0.25) is 0 Å². The molecule has 0 amide bonds. The maximum atomic E-state index is 3.59. The van der Waals surface area contributed by atoms with Gasteiger partial charge in [-0.05, 0) is 46.1 Å². The van der Waals surface area contributed by atoms with E-state index in [0.29, 0.717) is 0 Å². The van der Waals surface area contributed by atoms with Crippen molar-refractivity contribution in [2.75, 3.05) is 0 Å². The molecule has 2 aromatic rings. The molecule has 0 aromatic heterocycles. The monoisotopic (exact) mass is 302 g/mol. The van der Waals surface area contributed by atoms with E-state index in [4.69, 9.17) is 0 Å². The number of aryl methyl sites for hydroxylation is 1. The third-order valence-electron chi connectivity index (χ3n) is 3.87. The molecule has 0 aliphatic carbocycles. The second-order valence-electron chi connectivity index (χ2n) is 5.31. The van der Waals surface area contributed by atoms with Crippen molar-refractivity contribution in [1.29, 1.82) is 0 Å². The van der Waals surface area contributed by atoms with Crippen LogP contribution in [0, 0.1) is 6.92 Å². The molecular weight excluding hydrogens is 288 g/mol. The predicted molar refractivity (Wildman–Crippen MR) is 81.1 cm³/mol. The molecule has 0 fully saturated rings. The highest BCUT2D eigenvalue weighted by Gasteiger charge is 2.37. The Morgan fingerprint density at radius 2 is 1.76 bits per heavy atom. The molecule has 3 rings (SSSR count). The second-order valence-corrected chi connectivity index (χ2v) is 10.6. The van der Waals surface area contributed by atoms with Gasteiger partial charge in [-0.2, -0.15) is 0 Å². The Hall–Kier alpha value is -0.863. The number of hydrogen-bond acceptors (Lipinski definition) is 0. The smallest absolute Gasteiger partial charge is 0.0621 e. The fraction of sp³-hybridized carbons (Fsp3) is 0.200. The van der Waals surface area contributed by atoms with Crippen LogP contribution in [0.1, 0.15) is 5.56 Å². The number of benzene rings is 2. The third kappa shape index (κ3) is 1.47. The normalized spacial score (nSPS) is 15.5. The van der Waals surface area contributed by atoms with Crippen LogP contribution in [0.25, 0.3) is 11.1 Å². The molecule has 1 heterocycles. The summed E-state index contributed by atoms with van der Waals surface area (Å²) in [4.78, 5) is 0. The molecule has 0 radical (unpaired) electrons. The molecule has 86 valence electrons. The molecule has 1 aliphatic heterocycles. The molecule has 0 N–H and O–H groups in total. The summed E-state index contributed by atoms with van der Waals surface area (Å²) in [6.45, 7) is 7.12. The van der Waals surface area contributed by atoms with Gasteiger partial charge in [0.15, 0.2) is 0 Å². The Kier molecular flexibility index (Phi) is 2.36. The second kappa shape index (κ2) is 3.56. The van der Waals surface area contributed by atoms with E-state index in [0.717, 1.165) is 0 Å². The summed E-state index contributed by atoms with van der Waals surface area (Å²) < 4.78 is 1.18. The van der Waals surface area contributed by atoms with Crippen LogP contribution in [0.15, 0.2) is 40.9 Å². The zero-order valence-electron chi connectivity index (χ0n) is 10.3. The van der Waals surface area contributed by atoms with Crippen molar-refractivity contribution in [1.82, 2.24) is 0 Å². The molecule has 2 aromatic carbocycles. The zero-order valence-corrected chi connectivity index (χ0v) is 12.9. The molecule has 0 atom stereocenters. The molecule has 0 saturated carbocycles. The van der Waals surface area contributed by atoms with Crippen LogP contribution < -0.4 is 10.4 Å². The van der Waals surface area contributed by atoms with Gasteiger partial charge in [-0.1, -0.05) is 53.3 Å². The molecule has 0 saturated heterocycles. The summed E-state index contributed by atoms with van der Waals surface area (Å²) in [5.41, 5.74) is 4.34. The van der Waals surface area contributed by atoms with Gasteiger partial charge in [0.2, 0.25) is 0 Å². The molecule has 2 heteroatoms. The first-order valence-electron chi connectivity index (χ1n) is 5.92. The van der Waals surface area contributed by atoms with E-state index in [9.17, 15) is 0 Å². The van der Waals surface area contributed by atoms with Crippen molar-refractivity contribution in [2.45, 2.75) is 20.0 Å². The summed E-state index contributed by atoms with van der Waals surface area (Å²) in [6, 6.07) is 13.5. The number of hydrogen-bond donors (Lipinski definition) is 0. The quantitative estimate of drug-likeness (QED) is 0.653. The molecule has 0 bridgehead atoms. The number of halogens is 1. The molecule has 1 aliphatic rings. The molecule has 0 spiro atoms. The van der Waals surface area contributed by atoms with E-state index >= 15 is 0 Å². The fourth-order valence-electron chi connectivity index (χ4n) is 2.96. The van der Waals surface area contributed by atoms with Crippen LogP contribution in [-0.4, -0.2) is 8.07 Å². The van der Waals surface area contributed by atoms with E-state index in [1.165, 1.54) is 21.2 Å². The van der Waals surface area contributed by atoms with Crippen LogP contribution in [0.4, 0.5) is 0 Å². The van der Waals surface area contributed by atoms with E-state index in [1.807, 2.05) is 0 Å². The van der Waals surface area contributed by atoms with E-state index in [2.05, 4.69) is 72.3 Å². The Labute approximate surface area is 112 Å². The minimum Gasteiger partial charge on any atom is -0.0621 e. The van der Waals surface area contributed by atoms with Crippen molar-refractivity contribution in [3.05, 3.63) is 46.4 Å². The van der Waals surface area contributed by atoms with Gasteiger partial charge in [-0.15, -0.1) is 0 Å². The highest BCUT2D eigenvalue weighted by Crippen LogP contribution is 2.32. The van der Waals surface area contributed by atoms with Crippen molar-refractivity contribution in [2.24, 2.45) is 0 Å². The standard InChI is InChI=1S/C15H15BrSi/c1-10-5-4-6-14-15(10)12-9-11(16)7-8-13(12)17(14,2)3/h4-9H,1-3H3. The molecule has 0 unspecified atom stereocenters. The van der Waals surface area contributed by atoms with Gasteiger partial charge < -0.3 is 0 Å². The van der Waals surface area contributed by atoms with E-state index < -0.39 is 8.07 Å². The summed E-state index contributed by atoms with van der Waals surface area (Å²) in [6.07, 6.45) is 0. The SMILES string of the molecule is Cc1cccc2c1-c1cc(Br)ccc1[Si]2(C)C. The van der Waals surface area contributed by atoms with E-state index in [1.54, 1.807) is 10.4 Å². The Morgan fingerprint density at radius 1 is 1.00 bits per heavy atom. The van der Waals surface area contributed by atoms with Crippen LogP contribution >= 0.6 is 15.9 Å². The van der Waals surface area contributed by atoms with Crippen molar-refractivity contribution in [3.63, 3.8) is 0 Å². The highest BCUT2D eigenvalue weighted by atomic mass is 79.9. The van der Waals surface area contributed by atoms with Gasteiger partial charge in [0.1, 0.15) is 8.07 Å². The first-order valence-corrected chi connectivity index (χ1v) is 9.71. The predicted octanol–water partition coefficient (Wildman–Crippen LogP) is 3.56. The Bertz CT molecular complexity index is 614. The summed E-state index contributed by atoms with van der Waals surface area (Å²) in [5.74, 6) is 0. The van der Waals surface area contributed by atoms with Crippen LogP contribution in [-0.2, 0) is 0 Å². The molecule has 0 nitrogen and oxygen atoms in total. The van der Waals surface area contributed by atoms with Crippen LogP contribution in [0.2, 0.25) is 13.1 Å². The molecule has 17 heavy (non-hydrogen) atoms.